The topological polar surface area (TPSA) is 99.9 Å². The summed E-state index contributed by atoms with van der Waals surface area (Å²) in [7, 11) is 1.51. The van der Waals surface area contributed by atoms with Crippen LogP contribution < -0.4 is 25.3 Å². The molecule has 0 spiro atoms. The number of hydrogen-bond donors (Lipinski definition) is 2. The molecule has 8 heteroatoms. The number of rotatable bonds is 9. The van der Waals surface area contributed by atoms with Crippen molar-refractivity contribution in [1.82, 2.24) is 0 Å². The summed E-state index contributed by atoms with van der Waals surface area (Å²) < 4.78 is 17.3. The normalized spacial score (nSPS) is 10.9. The van der Waals surface area contributed by atoms with Gasteiger partial charge in [0.25, 0.3) is 5.91 Å². The Bertz CT molecular complexity index is 1720. The lowest BCUT2D eigenvalue weighted by Gasteiger charge is -2.16. The van der Waals surface area contributed by atoms with E-state index in [4.69, 9.17) is 31.5 Å². The number of anilines is 1. The van der Waals surface area contributed by atoms with Crippen LogP contribution in [0.2, 0.25) is 5.02 Å². The van der Waals surface area contributed by atoms with Crippen LogP contribution in [0.4, 0.5) is 5.69 Å². The number of hydrogen-bond acceptors (Lipinski definition) is 6. The largest absolute Gasteiger partial charge is 0.496 e. The van der Waals surface area contributed by atoms with E-state index in [2.05, 4.69) is 5.32 Å². The van der Waals surface area contributed by atoms with Crippen LogP contribution in [0.15, 0.2) is 91.0 Å². The summed E-state index contributed by atoms with van der Waals surface area (Å²) >= 11 is 6.25. The molecule has 0 fully saturated rings. The van der Waals surface area contributed by atoms with Crippen LogP contribution in [0, 0.1) is 0 Å². The molecule has 0 aliphatic carbocycles. The molecule has 0 radical (unpaired) electrons. The molecule has 0 saturated carbocycles. The van der Waals surface area contributed by atoms with Crippen molar-refractivity contribution in [1.29, 1.82) is 0 Å². The summed E-state index contributed by atoms with van der Waals surface area (Å²) in [5.74, 6) is -0.177. The number of esters is 1. The van der Waals surface area contributed by atoms with Gasteiger partial charge in [-0.15, -0.1) is 0 Å². The van der Waals surface area contributed by atoms with Crippen molar-refractivity contribution >= 4 is 50.7 Å². The molecule has 202 valence electrons. The molecule has 3 N–H and O–H groups in total. The van der Waals surface area contributed by atoms with E-state index in [1.807, 2.05) is 54.6 Å². The zero-order valence-corrected chi connectivity index (χ0v) is 22.5. The van der Waals surface area contributed by atoms with Gasteiger partial charge in [-0.25, -0.2) is 4.79 Å². The second kappa shape index (κ2) is 12.1. The van der Waals surface area contributed by atoms with Gasteiger partial charge in [0.2, 0.25) is 0 Å². The third-order valence-electron chi connectivity index (χ3n) is 6.40. The molecule has 0 bridgehead atoms. The molecular weight excluding hydrogens is 528 g/mol. The van der Waals surface area contributed by atoms with Crippen molar-refractivity contribution in [2.24, 2.45) is 5.73 Å². The molecular formula is C32H27ClN2O5. The third kappa shape index (κ3) is 5.71. The van der Waals surface area contributed by atoms with E-state index in [1.54, 1.807) is 30.3 Å². The molecule has 0 aromatic heterocycles. The van der Waals surface area contributed by atoms with Gasteiger partial charge in [0.15, 0.2) is 5.75 Å². The molecule has 0 saturated heterocycles. The number of methoxy groups -OCH3 is 1. The molecule has 5 rings (SSSR count). The van der Waals surface area contributed by atoms with E-state index in [-0.39, 0.29) is 17.0 Å². The number of carbonyl (C=O) groups is 2. The fourth-order valence-corrected chi connectivity index (χ4v) is 4.57. The summed E-state index contributed by atoms with van der Waals surface area (Å²) in [5, 5.41) is 6.69. The van der Waals surface area contributed by atoms with E-state index in [0.29, 0.717) is 41.7 Å². The Morgan fingerprint density at radius 2 is 1.55 bits per heavy atom. The Kier molecular flexibility index (Phi) is 8.15. The summed E-state index contributed by atoms with van der Waals surface area (Å²) in [6.45, 7) is 0.801. The molecule has 0 heterocycles. The fraction of sp³-hybridized carbons (Fsp3) is 0.125. The Labute approximate surface area is 236 Å². The minimum atomic E-state index is -0.658. The van der Waals surface area contributed by atoms with E-state index < -0.39 is 11.9 Å². The van der Waals surface area contributed by atoms with Gasteiger partial charge in [-0.3, -0.25) is 4.79 Å². The van der Waals surface area contributed by atoms with Crippen molar-refractivity contribution in [3.8, 4) is 17.2 Å². The van der Waals surface area contributed by atoms with Crippen molar-refractivity contribution in [3.63, 3.8) is 0 Å². The Balaban J connectivity index is 1.46. The van der Waals surface area contributed by atoms with E-state index in [0.717, 1.165) is 21.5 Å². The SMILES string of the molecule is COc1cc2ccccc2cc1C(=O)Nc1ccc(Cl)cc1OC(=O)c1ccc2ccccc2c1OCCCN. The van der Waals surface area contributed by atoms with Crippen molar-refractivity contribution in [2.75, 3.05) is 25.6 Å². The minimum Gasteiger partial charge on any atom is -0.496 e. The summed E-state index contributed by atoms with van der Waals surface area (Å²) in [6, 6.07) is 27.0. The number of carbonyl (C=O) groups excluding carboxylic acids is 2. The predicted molar refractivity (Wildman–Crippen MR) is 158 cm³/mol. The highest BCUT2D eigenvalue weighted by molar-refractivity contribution is 6.31. The van der Waals surface area contributed by atoms with E-state index in [9.17, 15) is 9.59 Å². The highest BCUT2D eigenvalue weighted by Gasteiger charge is 2.21. The highest BCUT2D eigenvalue weighted by atomic mass is 35.5. The molecule has 5 aromatic rings. The standard InChI is InChI=1S/C32H27ClN2O5/c1-38-28-18-22-9-3-2-8-21(22)17-26(28)31(36)35-27-14-12-23(33)19-29(27)40-32(37)25-13-11-20-7-4-5-10-24(20)30(25)39-16-6-15-34/h2-5,7-14,17-19H,6,15-16,34H2,1H3,(H,35,36). The minimum absolute atomic E-state index is 0.0895. The number of ether oxygens (including phenoxy) is 3. The first kappa shape index (κ1) is 27.0. The first-order chi connectivity index (χ1) is 19.5. The number of nitrogens with one attached hydrogen (secondary N) is 1. The maximum Gasteiger partial charge on any atom is 0.347 e. The first-order valence-corrected chi connectivity index (χ1v) is 13.1. The Morgan fingerprint density at radius 3 is 2.30 bits per heavy atom. The van der Waals surface area contributed by atoms with Gasteiger partial charge in [0.05, 0.1) is 25.0 Å². The summed E-state index contributed by atoms with van der Waals surface area (Å²) in [5.41, 5.74) is 6.48. The van der Waals surface area contributed by atoms with E-state index >= 15 is 0 Å². The van der Waals surface area contributed by atoms with Crippen molar-refractivity contribution in [2.45, 2.75) is 6.42 Å². The molecule has 0 unspecified atom stereocenters. The van der Waals surface area contributed by atoms with Gasteiger partial charge in [0, 0.05) is 16.5 Å². The van der Waals surface area contributed by atoms with Gasteiger partial charge in [-0.05, 0) is 59.5 Å². The maximum atomic E-state index is 13.5. The van der Waals surface area contributed by atoms with Crippen molar-refractivity contribution in [3.05, 3.63) is 107 Å². The molecule has 5 aromatic carbocycles. The predicted octanol–water partition coefficient (Wildman–Crippen LogP) is 6.85. The quantitative estimate of drug-likeness (QED) is 0.117. The zero-order chi connectivity index (χ0) is 28.1. The molecule has 0 aliphatic heterocycles. The average Bonchev–Trinajstić information content (AvgIpc) is 2.97. The van der Waals surface area contributed by atoms with Gasteiger partial charge in [-0.1, -0.05) is 66.2 Å². The lowest BCUT2D eigenvalue weighted by molar-refractivity contribution is 0.0730. The molecule has 0 aliphatic rings. The number of halogens is 1. The number of amides is 1. The number of benzene rings is 5. The lowest BCUT2D eigenvalue weighted by Crippen LogP contribution is -2.16. The monoisotopic (exact) mass is 554 g/mol. The third-order valence-corrected chi connectivity index (χ3v) is 6.64. The van der Waals surface area contributed by atoms with Crippen LogP contribution in [-0.2, 0) is 0 Å². The second-order valence-corrected chi connectivity index (χ2v) is 9.47. The number of fused-ring (bicyclic) bond motifs is 2. The Morgan fingerprint density at radius 1 is 0.825 bits per heavy atom. The maximum absolute atomic E-state index is 13.5. The van der Waals surface area contributed by atoms with Crippen LogP contribution >= 0.6 is 11.6 Å². The zero-order valence-electron chi connectivity index (χ0n) is 21.8. The second-order valence-electron chi connectivity index (χ2n) is 9.04. The van der Waals surface area contributed by atoms with Crippen molar-refractivity contribution < 1.29 is 23.8 Å². The lowest BCUT2D eigenvalue weighted by atomic mass is 10.0. The number of nitrogens with two attached hydrogens (primary N) is 1. The van der Waals surface area contributed by atoms with Crippen LogP contribution in [0.5, 0.6) is 17.2 Å². The van der Waals surface area contributed by atoms with Crippen LogP contribution in [-0.4, -0.2) is 32.1 Å². The van der Waals surface area contributed by atoms with Gasteiger partial charge in [-0.2, -0.15) is 0 Å². The molecule has 1 amide bonds. The van der Waals surface area contributed by atoms with Gasteiger partial charge in [0.1, 0.15) is 17.1 Å². The van der Waals surface area contributed by atoms with E-state index in [1.165, 1.54) is 13.2 Å². The Hall–Kier alpha value is -4.59. The van der Waals surface area contributed by atoms with Gasteiger partial charge >= 0.3 is 5.97 Å². The van der Waals surface area contributed by atoms with Crippen LogP contribution in [0.25, 0.3) is 21.5 Å². The molecule has 40 heavy (non-hydrogen) atoms. The smallest absolute Gasteiger partial charge is 0.347 e. The first-order valence-electron chi connectivity index (χ1n) is 12.7. The fourth-order valence-electron chi connectivity index (χ4n) is 4.41. The summed E-state index contributed by atoms with van der Waals surface area (Å²) in [4.78, 5) is 26.9. The highest BCUT2D eigenvalue weighted by Crippen LogP contribution is 2.34. The van der Waals surface area contributed by atoms with Gasteiger partial charge < -0.3 is 25.3 Å². The van der Waals surface area contributed by atoms with Crippen LogP contribution in [0.3, 0.4) is 0 Å². The van der Waals surface area contributed by atoms with Crippen LogP contribution in [0.1, 0.15) is 27.1 Å². The summed E-state index contributed by atoms with van der Waals surface area (Å²) in [6.07, 6.45) is 0.625. The molecule has 0 atom stereocenters. The average molecular weight is 555 g/mol. The molecule has 7 nitrogen and oxygen atoms in total.